The number of amides is 1. The van der Waals surface area contributed by atoms with Crippen molar-refractivity contribution in [1.82, 2.24) is 5.32 Å². The zero-order valence-electron chi connectivity index (χ0n) is 15.1. The van der Waals surface area contributed by atoms with E-state index in [2.05, 4.69) is 5.32 Å². The van der Waals surface area contributed by atoms with Crippen LogP contribution >= 0.6 is 0 Å². The molecule has 1 aliphatic carbocycles. The predicted molar refractivity (Wildman–Crippen MR) is 91.9 cm³/mol. The lowest BCUT2D eigenvalue weighted by atomic mass is 9.74. The molecular weight excluding hydrogens is 322 g/mol. The Morgan fingerprint density at radius 3 is 2.32 bits per heavy atom. The molecule has 0 saturated heterocycles. The van der Waals surface area contributed by atoms with Crippen molar-refractivity contribution >= 4 is 17.8 Å². The molecule has 0 spiro atoms. The van der Waals surface area contributed by atoms with Crippen molar-refractivity contribution < 1.29 is 23.9 Å². The monoisotopic (exact) mass is 347 g/mol. The molecule has 2 atom stereocenters. The summed E-state index contributed by atoms with van der Waals surface area (Å²) < 4.78 is 10.3. The van der Waals surface area contributed by atoms with Gasteiger partial charge in [-0.1, -0.05) is 30.3 Å². The fraction of sp³-hybridized carbons (Fsp3) is 0.526. The van der Waals surface area contributed by atoms with Gasteiger partial charge in [-0.15, -0.1) is 0 Å². The first-order valence-electron chi connectivity index (χ1n) is 8.37. The number of hydrogen-bond donors (Lipinski definition) is 1. The van der Waals surface area contributed by atoms with Gasteiger partial charge in [0.25, 0.3) is 0 Å². The molecule has 0 bridgehead atoms. The number of alkyl carbamates (subject to hydrolysis) is 1. The Hall–Kier alpha value is -2.37. The minimum atomic E-state index is -1.42. The molecule has 0 radical (unpaired) electrons. The first-order chi connectivity index (χ1) is 11.7. The van der Waals surface area contributed by atoms with E-state index in [0.717, 1.165) is 0 Å². The quantitative estimate of drug-likeness (QED) is 0.668. The normalized spacial score (nSPS) is 21.5. The minimum Gasteiger partial charge on any atom is -0.468 e. The molecule has 6 nitrogen and oxygen atoms in total. The summed E-state index contributed by atoms with van der Waals surface area (Å²) >= 11 is 0. The van der Waals surface area contributed by atoms with Crippen LogP contribution in [0.5, 0.6) is 0 Å². The zero-order valence-corrected chi connectivity index (χ0v) is 15.1. The highest BCUT2D eigenvalue weighted by atomic mass is 16.6. The van der Waals surface area contributed by atoms with Crippen LogP contribution in [0.15, 0.2) is 30.3 Å². The highest BCUT2D eigenvalue weighted by Gasteiger charge is 2.56. The van der Waals surface area contributed by atoms with E-state index in [1.807, 2.05) is 6.07 Å². The summed E-state index contributed by atoms with van der Waals surface area (Å²) in [6.45, 7) is 5.25. The Labute approximate surface area is 147 Å². The number of rotatable bonds is 4. The maximum absolute atomic E-state index is 12.7. The zero-order chi connectivity index (χ0) is 18.7. The van der Waals surface area contributed by atoms with E-state index < -0.39 is 29.1 Å². The van der Waals surface area contributed by atoms with Crippen LogP contribution in [0.4, 0.5) is 4.79 Å². The maximum atomic E-state index is 12.7. The molecule has 1 fully saturated rings. The van der Waals surface area contributed by atoms with Gasteiger partial charge in [0, 0.05) is 6.42 Å². The van der Waals surface area contributed by atoms with Crippen LogP contribution in [0.3, 0.4) is 0 Å². The van der Waals surface area contributed by atoms with Crippen molar-refractivity contribution in [3.05, 3.63) is 35.9 Å². The van der Waals surface area contributed by atoms with E-state index in [1.54, 1.807) is 45.0 Å². The number of nitrogens with one attached hydrogen (secondary N) is 1. The van der Waals surface area contributed by atoms with Crippen molar-refractivity contribution in [2.24, 2.45) is 5.41 Å². The van der Waals surface area contributed by atoms with Gasteiger partial charge in [-0.3, -0.25) is 9.59 Å². The van der Waals surface area contributed by atoms with E-state index in [4.69, 9.17) is 9.47 Å². The van der Waals surface area contributed by atoms with Crippen LogP contribution < -0.4 is 5.32 Å². The fourth-order valence-electron chi connectivity index (χ4n) is 3.27. The second-order valence-corrected chi connectivity index (χ2v) is 7.23. The standard InChI is InChI=1S/C19H25NO5/c1-18(2,3)25-17(23)20-15(13-9-6-5-7-10-13)19(16(22)24-4)12-8-11-14(19)21/h5-7,9-10,15H,8,11-12H2,1-4H3,(H,20,23)/t15-,19-/m0/s1. The molecule has 0 unspecified atom stereocenters. The summed E-state index contributed by atoms with van der Waals surface area (Å²) in [7, 11) is 1.26. The fourth-order valence-corrected chi connectivity index (χ4v) is 3.27. The lowest BCUT2D eigenvalue weighted by Crippen LogP contribution is -2.50. The van der Waals surface area contributed by atoms with Crippen LogP contribution in [0.1, 0.15) is 51.6 Å². The Morgan fingerprint density at radius 2 is 1.84 bits per heavy atom. The Balaban J connectivity index is 2.45. The molecule has 0 aliphatic heterocycles. The third-order valence-corrected chi connectivity index (χ3v) is 4.31. The maximum Gasteiger partial charge on any atom is 0.408 e. The van der Waals surface area contributed by atoms with E-state index in [9.17, 15) is 14.4 Å². The lowest BCUT2D eigenvalue weighted by molar-refractivity contribution is -0.158. The van der Waals surface area contributed by atoms with E-state index >= 15 is 0 Å². The van der Waals surface area contributed by atoms with E-state index in [0.29, 0.717) is 18.4 Å². The van der Waals surface area contributed by atoms with Crippen molar-refractivity contribution in [2.45, 2.75) is 51.7 Å². The Bertz CT molecular complexity index is 650. The predicted octanol–water partition coefficient (Wildman–Crippen LogP) is 3.16. The second kappa shape index (κ2) is 7.25. The molecular formula is C19H25NO5. The largest absolute Gasteiger partial charge is 0.468 e. The highest BCUT2D eigenvalue weighted by Crippen LogP contribution is 2.46. The number of hydrogen-bond acceptors (Lipinski definition) is 5. The average molecular weight is 347 g/mol. The van der Waals surface area contributed by atoms with Crippen LogP contribution in [0, 0.1) is 5.41 Å². The smallest absolute Gasteiger partial charge is 0.408 e. The SMILES string of the molecule is COC(=O)[C@@]1([C@@H](NC(=O)OC(C)(C)C)c2ccccc2)CCCC1=O. The highest BCUT2D eigenvalue weighted by molar-refractivity contribution is 6.06. The molecule has 1 N–H and O–H groups in total. The second-order valence-electron chi connectivity index (χ2n) is 7.23. The van der Waals surface area contributed by atoms with E-state index in [-0.39, 0.29) is 12.2 Å². The molecule has 1 aromatic carbocycles. The summed E-state index contributed by atoms with van der Waals surface area (Å²) in [4.78, 5) is 37.6. The third-order valence-electron chi connectivity index (χ3n) is 4.31. The number of methoxy groups -OCH3 is 1. The molecule has 1 saturated carbocycles. The number of benzene rings is 1. The van der Waals surface area contributed by atoms with Gasteiger partial charge in [-0.05, 0) is 39.2 Å². The van der Waals surface area contributed by atoms with Crippen LogP contribution in [-0.2, 0) is 19.1 Å². The Morgan fingerprint density at radius 1 is 1.20 bits per heavy atom. The number of carbonyl (C=O) groups excluding carboxylic acids is 3. The van der Waals surface area contributed by atoms with Crippen molar-refractivity contribution in [3.63, 3.8) is 0 Å². The number of esters is 1. The summed E-state index contributed by atoms with van der Waals surface area (Å²) in [6.07, 6.45) is 0.513. The van der Waals surface area contributed by atoms with Gasteiger partial charge in [-0.2, -0.15) is 0 Å². The van der Waals surface area contributed by atoms with Crippen molar-refractivity contribution in [3.8, 4) is 0 Å². The summed E-state index contributed by atoms with van der Waals surface area (Å²) in [6, 6.07) is 8.13. The van der Waals surface area contributed by atoms with Gasteiger partial charge >= 0.3 is 12.1 Å². The number of ether oxygens (including phenoxy) is 2. The molecule has 1 aromatic rings. The van der Waals surface area contributed by atoms with Gasteiger partial charge < -0.3 is 14.8 Å². The van der Waals surface area contributed by atoms with E-state index in [1.165, 1.54) is 7.11 Å². The molecule has 1 aliphatic rings. The molecule has 0 heterocycles. The Kier molecular flexibility index (Phi) is 5.50. The van der Waals surface area contributed by atoms with Crippen LogP contribution in [0.2, 0.25) is 0 Å². The summed E-state index contributed by atoms with van der Waals surface area (Å²) in [5, 5.41) is 2.74. The molecule has 6 heteroatoms. The summed E-state index contributed by atoms with van der Waals surface area (Å²) in [5.74, 6) is -0.843. The minimum absolute atomic E-state index is 0.218. The molecule has 0 aromatic heterocycles. The first kappa shape index (κ1) is 19.0. The van der Waals surface area contributed by atoms with Gasteiger partial charge in [-0.25, -0.2) is 4.79 Å². The molecule has 1 amide bonds. The van der Waals surface area contributed by atoms with Gasteiger partial charge in [0.15, 0.2) is 11.2 Å². The van der Waals surface area contributed by atoms with Crippen LogP contribution in [0.25, 0.3) is 0 Å². The van der Waals surface area contributed by atoms with Gasteiger partial charge in [0.2, 0.25) is 0 Å². The van der Waals surface area contributed by atoms with Gasteiger partial charge in [0.1, 0.15) is 5.60 Å². The number of carbonyl (C=O) groups is 3. The van der Waals surface area contributed by atoms with Crippen molar-refractivity contribution in [2.75, 3.05) is 7.11 Å². The molecule has 25 heavy (non-hydrogen) atoms. The molecule has 2 rings (SSSR count). The topological polar surface area (TPSA) is 81.7 Å². The molecule has 136 valence electrons. The lowest BCUT2D eigenvalue weighted by Gasteiger charge is -2.34. The first-order valence-corrected chi connectivity index (χ1v) is 8.37. The van der Waals surface area contributed by atoms with Gasteiger partial charge in [0.05, 0.1) is 13.2 Å². The van der Waals surface area contributed by atoms with Crippen LogP contribution in [-0.4, -0.2) is 30.6 Å². The third kappa shape index (κ3) is 4.00. The number of Topliss-reactive ketones (excluding diaryl/α,β-unsaturated/α-hetero) is 1. The number of ketones is 1. The average Bonchev–Trinajstić information content (AvgIpc) is 2.93. The van der Waals surface area contributed by atoms with Crippen molar-refractivity contribution in [1.29, 1.82) is 0 Å². The summed E-state index contributed by atoms with van der Waals surface area (Å²) in [5.41, 5.74) is -1.45.